The third-order valence-electron chi connectivity index (χ3n) is 6.06. The molecule has 0 unspecified atom stereocenters. The van der Waals surface area contributed by atoms with Crippen molar-refractivity contribution in [2.24, 2.45) is 17.8 Å². The first-order chi connectivity index (χ1) is 12.9. The summed E-state index contributed by atoms with van der Waals surface area (Å²) in [6.45, 7) is -0.474. The average Bonchev–Trinajstić information content (AvgIpc) is 2.57. The Kier molecular flexibility index (Phi) is 5.13. The Morgan fingerprint density at radius 3 is 2.30 bits per heavy atom. The van der Waals surface area contributed by atoms with Crippen LogP contribution in [0.4, 0.5) is 4.79 Å². The molecule has 4 aliphatic carbocycles. The Labute approximate surface area is 171 Å². The Morgan fingerprint density at radius 2 is 1.70 bits per heavy atom. The summed E-state index contributed by atoms with van der Waals surface area (Å²) in [5, 5.41) is 5.38. The van der Waals surface area contributed by atoms with Gasteiger partial charge >= 0.3 is 12.0 Å². The smallest absolute Gasteiger partial charge is 0.338 e. The molecule has 0 aliphatic heterocycles. The van der Waals surface area contributed by atoms with Crippen molar-refractivity contribution < 1.29 is 19.1 Å². The fourth-order valence-corrected chi connectivity index (χ4v) is 6.07. The van der Waals surface area contributed by atoms with Crippen molar-refractivity contribution in [3.05, 3.63) is 33.4 Å². The van der Waals surface area contributed by atoms with Crippen LogP contribution in [-0.2, 0) is 9.53 Å². The van der Waals surface area contributed by atoms with E-state index in [1.165, 1.54) is 19.3 Å². The van der Waals surface area contributed by atoms with E-state index in [1.807, 2.05) is 6.07 Å². The highest BCUT2D eigenvalue weighted by molar-refractivity contribution is 14.1. The Balaban J connectivity index is 1.26. The lowest BCUT2D eigenvalue weighted by Gasteiger charge is -2.56. The fourth-order valence-electron chi connectivity index (χ4n) is 5.53. The Hall–Kier alpha value is -1.64. The van der Waals surface area contributed by atoms with Gasteiger partial charge in [0.15, 0.2) is 6.61 Å². The Bertz CT molecular complexity index is 744. The topological polar surface area (TPSA) is 84.5 Å². The summed E-state index contributed by atoms with van der Waals surface area (Å²) in [5.41, 5.74) is 0.226. The molecule has 3 amide bonds. The van der Waals surface area contributed by atoms with Crippen LogP contribution in [0.25, 0.3) is 0 Å². The number of amides is 3. The van der Waals surface area contributed by atoms with Crippen molar-refractivity contribution in [1.29, 1.82) is 0 Å². The minimum atomic E-state index is -0.615. The number of hydrogen-bond donors (Lipinski definition) is 2. The average molecular weight is 482 g/mol. The van der Waals surface area contributed by atoms with Crippen molar-refractivity contribution >= 4 is 40.5 Å². The second-order valence-electron chi connectivity index (χ2n) is 8.29. The number of halogens is 1. The number of rotatable bonds is 4. The zero-order chi connectivity index (χ0) is 19.0. The number of nitrogens with one attached hydrogen (secondary N) is 2. The molecule has 5 rings (SSSR count). The van der Waals surface area contributed by atoms with Crippen LogP contribution < -0.4 is 10.6 Å². The molecule has 1 aromatic rings. The zero-order valence-corrected chi connectivity index (χ0v) is 17.2. The SMILES string of the molecule is O=C(COC(=O)c1cccc(I)c1)NC(=O)NC12CC3CC(CC(C3)C1)C2. The first-order valence-electron chi connectivity index (χ1n) is 9.45. The standard InChI is InChI=1S/C20H23IN2O4/c21-16-3-1-2-15(7-16)18(25)27-11-17(24)22-19(26)23-20-8-12-4-13(9-20)6-14(5-12)10-20/h1-3,7,12-14H,4-6,8-11H2,(H2,22,23,24,26). The van der Waals surface area contributed by atoms with Gasteiger partial charge in [-0.3, -0.25) is 10.1 Å². The van der Waals surface area contributed by atoms with Crippen LogP contribution in [0, 0.1) is 21.3 Å². The van der Waals surface area contributed by atoms with Gasteiger partial charge in [-0.15, -0.1) is 0 Å². The molecule has 2 N–H and O–H groups in total. The highest BCUT2D eigenvalue weighted by atomic mass is 127. The van der Waals surface area contributed by atoms with Crippen LogP contribution in [0.1, 0.15) is 48.9 Å². The summed E-state index contributed by atoms with van der Waals surface area (Å²) >= 11 is 2.10. The van der Waals surface area contributed by atoms with Crippen molar-refractivity contribution in [2.45, 2.75) is 44.1 Å². The molecular weight excluding hydrogens is 459 g/mol. The van der Waals surface area contributed by atoms with Gasteiger partial charge in [-0.1, -0.05) is 6.07 Å². The van der Waals surface area contributed by atoms with Gasteiger partial charge in [0.05, 0.1) is 5.56 Å². The molecular formula is C20H23IN2O4. The van der Waals surface area contributed by atoms with Crippen molar-refractivity contribution in [3.63, 3.8) is 0 Å². The van der Waals surface area contributed by atoms with Gasteiger partial charge in [0.2, 0.25) is 0 Å². The van der Waals surface area contributed by atoms with Crippen LogP contribution in [0.3, 0.4) is 0 Å². The van der Waals surface area contributed by atoms with Gasteiger partial charge in [0, 0.05) is 9.11 Å². The molecule has 0 spiro atoms. The molecule has 0 aromatic heterocycles. The molecule has 0 radical (unpaired) electrons. The summed E-state index contributed by atoms with van der Waals surface area (Å²) in [5.74, 6) is 0.937. The molecule has 6 nitrogen and oxygen atoms in total. The largest absolute Gasteiger partial charge is 0.452 e. The minimum absolute atomic E-state index is 0.156. The molecule has 4 fully saturated rings. The molecule has 0 heterocycles. The van der Waals surface area contributed by atoms with Gasteiger partial charge in [-0.2, -0.15) is 0 Å². The first-order valence-corrected chi connectivity index (χ1v) is 10.5. The van der Waals surface area contributed by atoms with E-state index in [0.717, 1.165) is 22.8 Å². The molecule has 1 aromatic carbocycles. The molecule has 4 saturated carbocycles. The van der Waals surface area contributed by atoms with Crippen molar-refractivity contribution in [1.82, 2.24) is 10.6 Å². The van der Waals surface area contributed by atoms with Gasteiger partial charge in [0.1, 0.15) is 0 Å². The maximum absolute atomic E-state index is 12.3. The maximum Gasteiger partial charge on any atom is 0.338 e. The summed E-state index contributed by atoms with van der Waals surface area (Å²) in [7, 11) is 0. The van der Waals surface area contributed by atoms with E-state index in [2.05, 4.69) is 33.2 Å². The van der Waals surface area contributed by atoms with E-state index in [1.54, 1.807) is 18.2 Å². The van der Waals surface area contributed by atoms with Crippen LogP contribution in [0.5, 0.6) is 0 Å². The number of benzene rings is 1. The van der Waals surface area contributed by atoms with Crippen molar-refractivity contribution in [2.75, 3.05) is 6.61 Å². The summed E-state index contributed by atoms with van der Waals surface area (Å²) in [4.78, 5) is 36.3. The highest BCUT2D eigenvalue weighted by Gasteiger charge is 2.51. The number of urea groups is 1. The van der Waals surface area contributed by atoms with Crippen LogP contribution in [0.2, 0.25) is 0 Å². The molecule has 0 atom stereocenters. The molecule has 27 heavy (non-hydrogen) atoms. The normalized spacial score (nSPS) is 30.6. The quantitative estimate of drug-likeness (QED) is 0.510. The lowest BCUT2D eigenvalue weighted by atomic mass is 9.53. The Morgan fingerprint density at radius 1 is 1.07 bits per heavy atom. The van der Waals surface area contributed by atoms with E-state index in [0.29, 0.717) is 23.3 Å². The zero-order valence-electron chi connectivity index (χ0n) is 15.0. The van der Waals surface area contributed by atoms with Crippen molar-refractivity contribution in [3.8, 4) is 0 Å². The number of carbonyl (C=O) groups is 3. The fraction of sp³-hybridized carbons (Fsp3) is 0.550. The first kappa shape index (κ1) is 18.7. The number of hydrogen-bond acceptors (Lipinski definition) is 4. The molecule has 4 aliphatic rings. The molecule has 4 bridgehead atoms. The third-order valence-corrected chi connectivity index (χ3v) is 6.74. The highest BCUT2D eigenvalue weighted by Crippen LogP contribution is 2.55. The van der Waals surface area contributed by atoms with Gasteiger partial charge in [-0.25, -0.2) is 9.59 Å². The van der Waals surface area contributed by atoms with Gasteiger partial charge in [0.25, 0.3) is 5.91 Å². The summed E-state index contributed by atoms with van der Waals surface area (Å²) in [6.07, 6.45) is 6.91. The molecule has 7 heteroatoms. The molecule has 0 saturated heterocycles. The lowest BCUT2D eigenvalue weighted by Crippen LogP contribution is -2.62. The molecule has 144 valence electrons. The van der Waals surface area contributed by atoms with Crippen LogP contribution in [0.15, 0.2) is 24.3 Å². The number of imide groups is 1. The van der Waals surface area contributed by atoms with E-state index in [4.69, 9.17) is 4.74 Å². The third kappa shape index (κ3) is 4.28. The van der Waals surface area contributed by atoms with Crippen LogP contribution in [-0.4, -0.2) is 30.1 Å². The van der Waals surface area contributed by atoms with Crippen LogP contribution >= 0.6 is 22.6 Å². The van der Waals surface area contributed by atoms with Gasteiger partial charge in [-0.05, 0) is 97.1 Å². The lowest BCUT2D eigenvalue weighted by molar-refractivity contribution is -0.123. The number of carbonyl (C=O) groups excluding carboxylic acids is 3. The monoisotopic (exact) mass is 482 g/mol. The predicted molar refractivity (Wildman–Crippen MR) is 107 cm³/mol. The van der Waals surface area contributed by atoms with E-state index in [9.17, 15) is 14.4 Å². The summed E-state index contributed by atoms with van der Waals surface area (Å²) in [6, 6.07) is 6.44. The number of ether oxygens (including phenoxy) is 1. The second kappa shape index (κ2) is 7.41. The summed E-state index contributed by atoms with van der Waals surface area (Å²) < 4.78 is 5.91. The minimum Gasteiger partial charge on any atom is -0.452 e. The van der Waals surface area contributed by atoms with E-state index in [-0.39, 0.29) is 5.54 Å². The van der Waals surface area contributed by atoms with Gasteiger partial charge < -0.3 is 10.1 Å². The van der Waals surface area contributed by atoms with E-state index >= 15 is 0 Å². The number of esters is 1. The maximum atomic E-state index is 12.3. The predicted octanol–water partition coefficient (Wildman–Crippen LogP) is 3.24. The van der Waals surface area contributed by atoms with E-state index < -0.39 is 24.5 Å². The second-order valence-corrected chi connectivity index (χ2v) is 9.53.